The highest BCUT2D eigenvalue weighted by atomic mass is 16.5. The molecule has 2 N–H and O–H groups in total. The summed E-state index contributed by atoms with van der Waals surface area (Å²) in [6, 6.07) is 6.45. The molecule has 0 saturated heterocycles. The van der Waals surface area contributed by atoms with Gasteiger partial charge in [-0.3, -0.25) is 0 Å². The monoisotopic (exact) mass is 291 g/mol. The number of hydrogen-bond donors (Lipinski definition) is 1. The lowest BCUT2D eigenvalue weighted by molar-refractivity contribution is 0.234. The topological polar surface area (TPSA) is 44.5 Å². The minimum atomic E-state index is 0.213. The number of rotatable bonds is 8. The van der Waals surface area contributed by atoms with E-state index >= 15 is 0 Å². The first-order chi connectivity index (χ1) is 10.2. The van der Waals surface area contributed by atoms with Crippen molar-refractivity contribution in [2.45, 2.75) is 58.4 Å². The van der Waals surface area contributed by atoms with Crippen LogP contribution in [0.4, 0.5) is 0 Å². The van der Waals surface area contributed by atoms with Gasteiger partial charge >= 0.3 is 0 Å². The normalized spacial score (nSPS) is 16.9. The predicted octanol–water partition coefficient (Wildman–Crippen LogP) is 3.93. The molecule has 0 bridgehead atoms. The number of hydrogen-bond acceptors (Lipinski definition) is 3. The molecule has 1 atom stereocenters. The van der Waals surface area contributed by atoms with Crippen molar-refractivity contribution in [3.05, 3.63) is 23.8 Å². The maximum absolute atomic E-state index is 6.04. The quantitative estimate of drug-likeness (QED) is 0.789. The van der Waals surface area contributed by atoms with Crippen molar-refractivity contribution in [1.29, 1.82) is 0 Å². The zero-order valence-corrected chi connectivity index (χ0v) is 13.4. The highest BCUT2D eigenvalue weighted by Gasteiger charge is 2.17. The minimum Gasteiger partial charge on any atom is -0.490 e. The molecule has 1 aromatic carbocycles. The Morgan fingerprint density at radius 3 is 2.57 bits per heavy atom. The molecule has 21 heavy (non-hydrogen) atoms. The molecule has 2 rings (SSSR count). The van der Waals surface area contributed by atoms with Crippen molar-refractivity contribution in [1.82, 2.24) is 0 Å². The zero-order chi connectivity index (χ0) is 15.1. The summed E-state index contributed by atoms with van der Waals surface area (Å²) in [6.45, 7) is 5.59. The molecule has 1 unspecified atom stereocenters. The second-order valence-corrected chi connectivity index (χ2v) is 6.05. The van der Waals surface area contributed by atoms with E-state index in [1.807, 2.05) is 13.0 Å². The molecule has 0 spiro atoms. The average Bonchev–Trinajstić information content (AvgIpc) is 3.00. The molecule has 3 nitrogen and oxygen atoms in total. The molecule has 1 aliphatic carbocycles. The van der Waals surface area contributed by atoms with Crippen LogP contribution in [0.1, 0.15) is 51.5 Å². The van der Waals surface area contributed by atoms with Gasteiger partial charge in [-0.1, -0.05) is 25.8 Å². The summed E-state index contributed by atoms with van der Waals surface area (Å²) < 4.78 is 11.7. The molecular formula is C18H29NO2. The fourth-order valence-electron chi connectivity index (χ4n) is 2.90. The van der Waals surface area contributed by atoms with Crippen LogP contribution < -0.4 is 15.2 Å². The second-order valence-electron chi connectivity index (χ2n) is 6.05. The number of nitrogens with two attached hydrogens (primary N) is 1. The van der Waals surface area contributed by atoms with Crippen molar-refractivity contribution in [2.24, 2.45) is 11.7 Å². The maximum atomic E-state index is 6.04. The fraction of sp³-hybridized carbons (Fsp3) is 0.667. The summed E-state index contributed by atoms with van der Waals surface area (Å²) in [4.78, 5) is 0. The standard InChI is InChI=1S/C18H29NO2/c1-3-16(19)11-15-9-10-17(18(12-15)20-4-2)21-13-14-7-5-6-8-14/h9-10,12,14,16H,3-8,11,13,19H2,1-2H3. The van der Waals surface area contributed by atoms with Crippen LogP contribution in [-0.2, 0) is 6.42 Å². The SMILES string of the molecule is CCOc1cc(CC(N)CC)ccc1OCC1CCCC1. The molecule has 1 aliphatic rings. The van der Waals surface area contributed by atoms with Crippen LogP contribution >= 0.6 is 0 Å². The van der Waals surface area contributed by atoms with Crippen molar-refractivity contribution < 1.29 is 9.47 Å². The third kappa shape index (κ3) is 4.92. The van der Waals surface area contributed by atoms with Gasteiger partial charge < -0.3 is 15.2 Å². The summed E-state index contributed by atoms with van der Waals surface area (Å²) in [5.41, 5.74) is 7.26. The maximum Gasteiger partial charge on any atom is 0.161 e. The van der Waals surface area contributed by atoms with E-state index in [0.29, 0.717) is 12.5 Å². The first-order valence-electron chi connectivity index (χ1n) is 8.37. The van der Waals surface area contributed by atoms with E-state index in [4.69, 9.17) is 15.2 Å². The Morgan fingerprint density at radius 1 is 1.14 bits per heavy atom. The van der Waals surface area contributed by atoms with Gasteiger partial charge in [0.15, 0.2) is 11.5 Å². The van der Waals surface area contributed by atoms with Crippen molar-refractivity contribution in [3.63, 3.8) is 0 Å². The molecule has 118 valence electrons. The largest absolute Gasteiger partial charge is 0.490 e. The van der Waals surface area contributed by atoms with E-state index in [1.165, 1.54) is 31.2 Å². The first kappa shape index (κ1) is 16.2. The second kappa shape index (κ2) is 8.28. The van der Waals surface area contributed by atoms with E-state index in [9.17, 15) is 0 Å². The predicted molar refractivity (Wildman–Crippen MR) is 87.0 cm³/mol. The van der Waals surface area contributed by atoms with E-state index in [1.54, 1.807) is 0 Å². The van der Waals surface area contributed by atoms with E-state index in [2.05, 4.69) is 19.1 Å². The Bertz CT molecular complexity index is 427. The molecule has 1 aromatic rings. The van der Waals surface area contributed by atoms with Crippen molar-refractivity contribution >= 4 is 0 Å². The molecule has 0 radical (unpaired) electrons. The van der Waals surface area contributed by atoms with Gasteiger partial charge in [-0.25, -0.2) is 0 Å². The first-order valence-corrected chi connectivity index (χ1v) is 8.37. The summed E-state index contributed by atoms with van der Waals surface area (Å²) in [5.74, 6) is 2.45. The van der Waals surface area contributed by atoms with Crippen molar-refractivity contribution in [3.8, 4) is 11.5 Å². The van der Waals surface area contributed by atoms with Gasteiger partial charge in [-0.15, -0.1) is 0 Å². The van der Waals surface area contributed by atoms with E-state index in [-0.39, 0.29) is 6.04 Å². The highest BCUT2D eigenvalue weighted by molar-refractivity contribution is 5.43. The van der Waals surface area contributed by atoms with Crippen molar-refractivity contribution in [2.75, 3.05) is 13.2 Å². The van der Waals surface area contributed by atoms with Crippen LogP contribution in [0, 0.1) is 5.92 Å². The third-order valence-electron chi connectivity index (χ3n) is 4.28. The molecule has 0 heterocycles. The molecule has 0 aliphatic heterocycles. The van der Waals surface area contributed by atoms with Crippen LogP contribution in [0.3, 0.4) is 0 Å². The molecule has 0 amide bonds. The Morgan fingerprint density at radius 2 is 1.90 bits per heavy atom. The van der Waals surface area contributed by atoms with E-state index in [0.717, 1.165) is 30.9 Å². The van der Waals surface area contributed by atoms with Crippen LogP contribution in [0.2, 0.25) is 0 Å². The fourth-order valence-corrected chi connectivity index (χ4v) is 2.90. The van der Waals surface area contributed by atoms with Gasteiger partial charge in [0, 0.05) is 6.04 Å². The van der Waals surface area contributed by atoms with Gasteiger partial charge in [0.1, 0.15) is 0 Å². The lowest BCUT2D eigenvalue weighted by Crippen LogP contribution is -2.21. The Balaban J connectivity index is 2.01. The molecule has 0 aromatic heterocycles. The number of benzene rings is 1. The smallest absolute Gasteiger partial charge is 0.161 e. The van der Waals surface area contributed by atoms with Gasteiger partial charge in [0.05, 0.1) is 13.2 Å². The molecular weight excluding hydrogens is 262 g/mol. The summed E-state index contributed by atoms with van der Waals surface area (Å²) >= 11 is 0. The van der Waals surface area contributed by atoms with Crippen LogP contribution in [0.25, 0.3) is 0 Å². The van der Waals surface area contributed by atoms with Crippen LogP contribution in [-0.4, -0.2) is 19.3 Å². The zero-order valence-electron chi connectivity index (χ0n) is 13.4. The van der Waals surface area contributed by atoms with Crippen LogP contribution in [0.5, 0.6) is 11.5 Å². The average molecular weight is 291 g/mol. The lowest BCUT2D eigenvalue weighted by Gasteiger charge is -2.16. The summed E-state index contributed by atoms with van der Waals surface area (Å²) in [7, 11) is 0. The Labute approximate surface area is 128 Å². The molecule has 3 heteroatoms. The Hall–Kier alpha value is -1.22. The lowest BCUT2D eigenvalue weighted by atomic mass is 10.0. The minimum absolute atomic E-state index is 0.213. The van der Waals surface area contributed by atoms with Gasteiger partial charge in [0.25, 0.3) is 0 Å². The van der Waals surface area contributed by atoms with Gasteiger partial charge in [0.2, 0.25) is 0 Å². The molecule has 1 saturated carbocycles. The van der Waals surface area contributed by atoms with Gasteiger partial charge in [-0.2, -0.15) is 0 Å². The van der Waals surface area contributed by atoms with E-state index < -0.39 is 0 Å². The summed E-state index contributed by atoms with van der Waals surface area (Å²) in [6.07, 6.45) is 7.17. The van der Waals surface area contributed by atoms with Gasteiger partial charge in [-0.05, 0) is 56.2 Å². The van der Waals surface area contributed by atoms with Crippen LogP contribution in [0.15, 0.2) is 18.2 Å². The highest BCUT2D eigenvalue weighted by Crippen LogP contribution is 2.31. The Kier molecular flexibility index (Phi) is 6.37. The summed E-state index contributed by atoms with van der Waals surface area (Å²) in [5, 5.41) is 0. The number of ether oxygens (including phenoxy) is 2. The molecule has 1 fully saturated rings. The third-order valence-corrected chi connectivity index (χ3v) is 4.28.